The van der Waals surface area contributed by atoms with E-state index in [0.29, 0.717) is 12.8 Å². The zero-order valence-electron chi connectivity index (χ0n) is 12.0. The molecule has 3 rings (SSSR count). The number of likely N-dealkylation sites (tertiary alicyclic amines) is 1. The second-order valence-corrected chi connectivity index (χ2v) is 5.80. The highest BCUT2D eigenvalue weighted by atomic mass is 19.1. The lowest BCUT2D eigenvalue weighted by Gasteiger charge is -2.38. The summed E-state index contributed by atoms with van der Waals surface area (Å²) in [5.41, 5.74) is 1.30. The van der Waals surface area contributed by atoms with Crippen LogP contribution in [0.1, 0.15) is 24.0 Å². The summed E-state index contributed by atoms with van der Waals surface area (Å²) in [4.78, 5) is 2.35. The second kappa shape index (κ2) is 5.96. The lowest BCUT2D eigenvalue weighted by Crippen LogP contribution is -2.42. The van der Waals surface area contributed by atoms with Crippen LogP contribution in [-0.4, -0.2) is 23.1 Å². The molecule has 0 radical (unpaired) electrons. The zero-order chi connectivity index (χ0) is 14.7. The van der Waals surface area contributed by atoms with Gasteiger partial charge in [0.25, 0.3) is 0 Å². The first-order valence-electron chi connectivity index (χ1n) is 7.40. The van der Waals surface area contributed by atoms with E-state index in [1.807, 2.05) is 18.2 Å². The van der Waals surface area contributed by atoms with Crippen molar-refractivity contribution in [3.05, 3.63) is 71.5 Å². The number of benzene rings is 2. The minimum absolute atomic E-state index is 0.260. The summed E-state index contributed by atoms with van der Waals surface area (Å²) in [6.07, 6.45) is 1.37. The molecular weight excluding hydrogens is 265 g/mol. The SMILES string of the molecule is OC1(c2ccc(F)cc2)CCN(Cc2ccccc2)CC1. The summed E-state index contributed by atoms with van der Waals surface area (Å²) in [7, 11) is 0. The van der Waals surface area contributed by atoms with Crippen LogP contribution in [0.5, 0.6) is 0 Å². The van der Waals surface area contributed by atoms with Crippen LogP contribution in [0.2, 0.25) is 0 Å². The Morgan fingerprint density at radius 1 is 0.952 bits per heavy atom. The monoisotopic (exact) mass is 285 g/mol. The molecule has 2 aromatic rings. The van der Waals surface area contributed by atoms with Crippen molar-refractivity contribution in [3.63, 3.8) is 0 Å². The molecule has 2 aromatic carbocycles. The Morgan fingerprint density at radius 2 is 1.57 bits per heavy atom. The largest absolute Gasteiger partial charge is 0.385 e. The summed E-state index contributed by atoms with van der Waals surface area (Å²) in [5, 5.41) is 10.8. The van der Waals surface area contributed by atoms with E-state index in [4.69, 9.17) is 0 Å². The molecule has 1 aliphatic rings. The summed E-state index contributed by atoms with van der Waals surface area (Å²) >= 11 is 0. The number of rotatable bonds is 3. The molecule has 1 fully saturated rings. The normalized spacial score (nSPS) is 18.6. The van der Waals surface area contributed by atoms with Crippen LogP contribution >= 0.6 is 0 Å². The minimum atomic E-state index is -0.819. The fourth-order valence-electron chi connectivity index (χ4n) is 2.97. The Balaban J connectivity index is 1.63. The van der Waals surface area contributed by atoms with Crippen molar-refractivity contribution < 1.29 is 9.50 Å². The molecule has 0 unspecified atom stereocenters. The number of hydrogen-bond acceptors (Lipinski definition) is 2. The van der Waals surface area contributed by atoms with Crippen LogP contribution in [0.4, 0.5) is 4.39 Å². The molecule has 0 spiro atoms. The smallest absolute Gasteiger partial charge is 0.123 e. The average Bonchev–Trinajstić information content (AvgIpc) is 2.51. The van der Waals surface area contributed by atoms with Gasteiger partial charge in [-0.15, -0.1) is 0 Å². The van der Waals surface area contributed by atoms with Gasteiger partial charge < -0.3 is 5.11 Å². The van der Waals surface area contributed by atoms with E-state index >= 15 is 0 Å². The molecule has 0 aliphatic carbocycles. The highest BCUT2D eigenvalue weighted by Crippen LogP contribution is 2.33. The molecule has 110 valence electrons. The van der Waals surface area contributed by atoms with Gasteiger partial charge in [0.05, 0.1) is 5.60 Å². The third-order valence-electron chi connectivity index (χ3n) is 4.31. The van der Waals surface area contributed by atoms with Gasteiger partial charge in [-0.25, -0.2) is 4.39 Å². The lowest BCUT2D eigenvalue weighted by molar-refractivity contribution is -0.0277. The number of piperidine rings is 1. The standard InChI is InChI=1S/C18H20FNO/c19-17-8-6-16(7-9-17)18(21)10-12-20(13-11-18)14-15-4-2-1-3-5-15/h1-9,21H,10-14H2. The molecule has 21 heavy (non-hydrogen) atoms. The van der Waals surface area contributed by atoms with Crippen LogP contribution in [0.3, 0.4) is 0 Å². The first-order valence-corrected chi connectivity index (χ1v) is 7.40. The molecule has 0 amide bonds. The van der Waals surface area contributed by atoms with E-state index in [-0.39, 0.29) is 5.82 Å². The van der Waals surface area contributed by atoms with Crippen LogP contribution in [0.15, 0.2) is 54.6 Å². The average molecular weight is 285 g/mol. The van der Waals surface area contributed by atoms with E-state index in [1.54, 1.807) is 12.1 Å². The summed E-state index contributed by atoms with van der Waals surface area (Å²) < 4.78 is 13.0. The second-order valence-electron chi connectivity index (χ2n) is 5.80. The van der Waals surface area contributed by atoms with E-state index in [2.05, 4.69) is 17.0 Å². The summed E-state index contributed by atoms with van der Waals surface area (Å²) in [6, 6.07) is 16.6. The fourth-order valence-corrected chi connectivity index (χ4v) is 2.97. The molecule has 0 aromatic heterocycles. The van der Waals surface area contributed by atoms with Crippen molar-refractivity contribution >= 4 is 0 Å². The Labute approximate surface area is 124 Å². The molecule has 2 nitrogen and oxygen atoms in total. The van der Waals surface area contributed by atoms with Gasteiger partial charge in [0.2, 0.25) is 0 Å². The lowest BCUT2D eigenvalue weighted by atomic mass is 9.84. The highest BCUT2D eigenvalue weighted by Gasteiger charge is 2.33. The van der Waals surface area contributed by atoms with Crippen LogP contribution in [-0.2, 0) is 12.1 Å². The van der Waals surface area contributed by atoms with Crippen LogP contribution < -0.4 is 0 Å². The zero-order valence-corrected chi connectivity index (χ0v) is 12.0. The van der Waals surface area contributed by atoms with Gasteiger partial charge in [-0.05, 0) is 36.1 Å². The Bertz CT molecular complexity index is 574. The Morgan fingerprint density at radius 3 is 2.19 bits per heavy atom. The summed E-state index contributed by atoms with van der Waals surface area (Å²) in [5.74, 6) is -0.260. The molecule has 1 N–H and O–H groups in total. The molecule has 1 aliphatic heterocycles. The summed E-state index contributed by atoms with van der Waals surface area (Å²) in [6.45, 7) is 2.62. The first kappa shape index (κ1) is 14.2. The van der Waals surface area contributed by atoms with Gasteiger partial charge in [0.1, 0.15) is 5.82 Å². The predicted octanol–water partition coefficient (Wildman–Crippen LogP) is 3.31. The molecular formula is C18H20FNO. The topological polar surface area (TPSA) is 23.5 Å². The predicted molar refractivity (Wildman–Crippen MR) is 81.2 cm³/mol. The van der Waals surface area contributed by atoms with E-state index < -0.39 is 5.60 Å². The molecule has 1 saturated heterocycles. The van der Waals surface area contributed by atoms with Crippen LogP contribution in [0, 0.1) is 5.82 Å². The van der Waals surface area contributed by atoms with E-state index in [1.165, 1.54) is 17.7 Å². The van der Waals surface area contributed by atoms with Crippen LogP contribution in [0.25, 0.3) is 0 Å². The van der Waals surface area contributed by atoms with Crippen molar-refractivity contribution in [2.45, 2.75) is 25.0 Å². The first-order chi connectivity index (χ1) is 10.2. The highest BCUT2D eigenvalue weighted by molar-refractivity contribution is 5.24. The van der Waals surface area contributed by atoms with Crippen molar-refractivity contribution in [2.75, 3.05) is 13.1 Å². The maximum Gasteiger partial charge on any atom is 0.123 e. The third-order valence-corrected chi connectivity index (χ3v) is 4.31. The Kier molecular flexibility index (Phi) is 4.04. The van der Waals surface area contributed by atoms with E-state index in [0.717, 1.165) is 25.2 Å². The van der Waals surface area contributed by atoms with Gasteiger partial charge in [-0.3, -0.25) is 4.90 Å². The van der Waals surface area contributed by atoms with Crippen molar-refractivity contribution in [1.29, 1.82) is 0 Å². The molecule has 1 heterocycles. The van der Waals surface area contributed by atoms with Gasteiger partial charge in [-0.1, -0.05) is 42.5 Å². The number of halogens is 1. The third kappa shape index (κ3) is 3.31. The van der Waals surface area contributed by atoms with E-state index in [9.17, 15) is 9.50 Å². The van der Waals surface area contributed by atoms with Gasteiger partial charge in [0, 0.05) is 19.6 Å². The number of aliphatic hydroxyl groups is 1. The Hall–Kier alpha value is -1.71. The minimum Gasteiger partial charge on any atom is -0.385 e. The molecule has 0 bridgehead atoms. The maximum absolute atomic E-state index is 13.0. The quantitative estimate of drug-likeness (QED) is 0.935. The van der Waals surface area contributed by atoms with Gasteiger partial charge in [0.15, 0.2) is 0 Å². The number of nitrogens with zero attached hydrogens (tertiary/aromatic N) is 1. The van der Waals surface area contributed by atoms with Crippen molar-refractivity contribution in [1.82, 2.24) is 4.90 Å². The maximum atomic E-state index is 13.0. The molecule has 0 saturated carbocycles. The number of hydrogen-bond donors (Lipinski definition) is 1. The molecule has 3 heteroatoms. The molecule has 0 atom stereocenters. The van der Waals surface area contributed by atoms with Crippen molar-refractivity contribution in [3.8, 4) is 0 Å². The van der Waals surface area contributed by atoms with Gasteiger partial charge in [-0.2, -0.15) is 0 Å². The fraction of sp³-hybridized carbons (Fsp3) is 0.333. The van der Waals surface area contributed by atoms with Crippen molar-refractivity contribution in [2.24, 2.45) is 0 Å². The van der Waals surface area contributed by atoms with Gasteiger partial charge >= 0.3 is 0 Å².